The highest BCUT2D eigenvalue weighted by Gasteiger charge is 2.17. The van der Waals surface area contributed by atoms with E-state index in [0.717, 1.165) is 5.56 Å². The van der Waals surface area contributed by atoms with Crippen LogP contribution in [-0.4, -0.2) is 13.1 Å². The van der Waals surface area contributed by atoms with Gasteiger partial charge in [0.15, 0.2) is 0 Å². The quantitative estimate of drug-likeness (QED) is 0.526. The minimum Gasteiger partial charge on any atom is -0.761 e. The largest absolute Gasteiger partial charge is 0.761 e. The molecule has 0 saturated heterocycles. The van der Waals surface area contributed by atoms with Gasteiger partial charge in [0.25, 0.3) is 0 Å². The van der Waals surface area contributed by atoms with E-state index in [1.54, 1.807) is 61.0 Å². The number of anilines is 1. The minimum absolute atomic E-state index is 0.0597. The SMILES string of the molecule is COC(=O)c1c(C)ccc(/C=C/c2ccc(N[O-])cc2)c1F. The van der Waals surface area contributed by atoms with Gasteiger partial charge in [0.1, 0.15) is 5.82 Å². The average Bonchev–Trinajstić information content (AvgIpc) is 2.54. The molecule has 0 atom stereocenters. The molecule has 0 aliphatic heterocycles. The fourth-order valence-corrected chi connectivity index (χ4v) is 2.02. The van der Waals surface area contributed by atoms with Crippen molar-refractivity contribution in [2.75, 3.05) is 12.6 Å². The second-order valence-corrected chi connectivity index (χ2v) is 4.71. The third-order valence-electron chi connectivity index (χ3n) is 3.25. The molecule has 2 aromatic rings. The number of nitrogens with one attached hydrogen (secondary N) is 1. The summed E-state index contributed by atoms with van der Waals surface area (Å²) in [5.74, 6) is -1.31. The zero-order valence-corrected chi connectivity index (χ0v) is 12.2. The van der Waals surface area contributed by atoms with Gasteiger partial charge in [0.05, 0.1) is 12.7 Å². The van der Waals surface area contributed by atoms with Crippen LogP contribution in [0.2, 0.25) is 0 Å². The molecule has 0 aromatic heterocycles. The van der Waals surface area contributed by atoms with E-state index in [2.05, 4.69) is 4.74 Å². The van der Waals surface area contributed by atoms with Crippen LogP contribution < -0.4 is 5.48 Å². The number of esters is 1. The third kappa shape index (κ3) is 3.32. The number of halogens is 1. The van der Waals surface area contributed by atoms with Crippen molar-refractivity contribution in [3.8, 4) is 0 Å². The summed E-state index contributed by atoms with van der Waals surface area (Å²) in [7, 11) is 1.22. The molecule has 22 heavy (non-hydrogen) atoms. The molecule has 0 spiro atoms. The number of rotatable bonds is 4. The van der Waals surface area contributed by atoms with E-state index in [9.17, 15) is 14.4 Å². The molecule has 0 bridgehead atoms. The van der Waals surface area contributed by atoms with E-state index in [1.807, 2.05) is 0 Å². The Morgan fingerprint density at radius 3 is 2.45 bits per heavy atom. The summed E-state index contributed by atoms with van der Waals surface area (Å²) in [6.45, 7) is 1.65. The lowest BCUT2D eigenvalue weighted by Gasteiger charge is -2.09. The van der Waals surface area contributed by atoms with Gasteiger partial charge in [0.2, 0.25) is 0 Å². The predicted octanol–water partition coefficient (Wildman–Crippen LogP) is 4.00. The van der Waals surface area contributed by atoms with Crippen molar-refractivity contribution in [1.29, 1.82) is 0 Å². The number of carbonyl (C=O) groups is 1. The van der Waals surface area contributed by atoms with Crippen LogP contribution in [0.15, 0.2) is 36.4 Å². The number of hydrogen-bond donors (Lipinski definition) is 1. The molecule has 0 amide bonds. The summed E-state index contributed by atoms with van der Waals surface area (Å²) in [4.78, 5) is 11.6. The molecule has 0 aliphatic carbocycles. The van der Waals surface area contributed by atoms with Crippen molar-refractivity contribution >= 4 is 23.8 Å². The lowest BCUT2D eigenvalue weighted by atomic mass is 10.0. The van der Waals surface area contributed by atoms with Gasteiger partial charge < -0.3 is 15.4 Å². The molecule has 0 fully saturated rings. The number of methoxy groups -OCH3 is 1. The van der Waals surface area contributed by atoms with Crippen LogP contribution in [-0.2, 0) is 4.74 Å². The van der Waals surface area contributed by atoms with Crippen molar-refractivity contribution in [1.82, 2.24) is 0 Å². The molecule has 2 aromatic carbocycles. The molecule has 114 valence electrons. The highest BCUT2D eigenvalue weighted by atomic mass is 19.1. The smallest absolute Gasteiger partial charge is 0.341 e. The molecule has 0 heterocycles. The Labute approximate surface area is 127 Å². The van der Waals surface area contributed by atoms with Crippen molar-refractivity contribution in [2.45, 2.75) is 6.92 Å². The summed E-state index contributed by atoms with van der Waals surface area (Å²) in [5, 5.41) is 10.5. The lowest BCUT2D eigenvalue weighted by molar-refractivity contribution is 0.0594. The van der Waals surface area contributed by atoms with Crippen LogP contribution in [0.25, 0.3) is 12.2 Å². The van der Waals surface area contributed by atoms with E-state index in [-0.39, 0.29) is 11.1 Å². The second-order valence-electron chi connectivity index (χ2n) is 4.71. The highest BCUT2D eigenvalue weighted by molar-refractivity contribution is 5.92. The topological polar surface area (TPSA) is 61.4 Å². The first-order chi connectivity index (χ1) is 10.6. The number of carbonyl (C=O) groups excluding carboxylic acids is 1. The summed E-state index contributed by atoms with van der Waals surface area (Å²) in [6.07, 6.45) is 3.27. The molecule has 0 unspecified atom stereocenters. The first-order valence-corrected chi connectivity index (χ1v) is 6.60. The maximum absolute atomic E-state index is 14.4. The molecular formula is C17H15FNO3-. The van der Waals surface area contributed by atoms with Crippen LogP contribution in [0.4, 0.5) is 10.1 Å². The predicted molar refractivity (Wildman–Crippen MR) is 84.8 cm³/mol. The van der Waals surface area contributed by atoms with Crippen molar-refractivity contribution in [2.24, 2.45) is 0 Å². The van der Waals surface area contributed by atoms with Crippen LogP contribution in [0, 0.1) is 17.9 Å². The van der Waals surface area contributed by atoms with E-state index < -0.39 is 11.8 Å². The monoisotopic (exact) mass is 300 g/mol. The Morgan fingerprint density at radius 2 is 1.86 bits per heavy atom. The first-order valence-electron chi connectivity index (χ1n) is 6.60. The second kappa shape index (κ2) is 6.87. The lowest BCUT2D eigenvalue weighted by Crippen LogP contribution is -2.08. The number of benzene rings is 2. The fourth-order valence-electron chi connectivity index (χ4n) is 2.02. The van der Waals surface area contributed by atoms with Crippen LogP contribution in [0.1, 0.15) is 27.0 Å². The van der Waals surface area contributed by atoms with E-state index >= 15 is 0 Å². The summed E-state index contributed by atoms with van der Waals surface area (Å²) >= 11 is 0. The van der Waals surface area contributed by atoms with Gasteiger partial charge in [-0.05, 0) is 30.2 Å². The number of aryl methyl sites for hydroxylation is 1. The Balaban J connectivity index is 2.32. The standard InChI is InChI=1S/C17H15FNO3/c1-11-3-7-13(16(18)15(11)17(20)22-2)8-4-12-5-9-14(19-21)10-6-12/h3-10,19H,1-2H3/q-1/b8-4+. The molecule has 0 aliphatic rings. The summed E-state index contributed by atoms with van der Waals surface area (Å²) in [6, 6.07) is 9.96. The first kappa shape index (κ1) is 15.7. The summed E-state index contributed by atoms with van der Waals surface area (Å²) < 4.78 is 19.0. The molecular weight excluding hydrogens is 285 g/mol. The van der Waals surface area contributed by atoms with Gasteiger partial charge >= 0.3 is 5.97 Å². The number of ether oxygens (including phenoxy) is 1. The van der Waals surface area contributed by atoms with E-state index in [4.69, 9.17) is 0 Å². The highest BCUT2D eigenvalue weighted by Crippen LogP contribution is 2.21. The van der Waals surface area contributed by atoms with Gasteiger partial charge in [-0.15, -0.1) is 0 Å². The Bertz CT molecular complexity index is 709. The zero-order valence-electron chi connectivity index (χ0n) is 12.2. The molecule has 5 heteroatoms. The Hall–Kier alpha value is -2.66. The van der Waals surface area contributed by atoms with Gasteiger partial charge in [-0.25, -0.2) is 9.18 Å². The molecule has 0 radical (unpaired) electrons. The molecule has 0 saturated carbocycles. The van der Waals surface area contributed by atoms with Gasteiger partial charge in [-0.2, -0.15) is 0 Å². The average molecular weight is 300 g/mol. The van der Waals surface area contributed by atoms with Crippen LogP contribution in [0.5, 0.6) is 0 Å². The zero-order chi connectivity index (χ0) is 16.1. The van der Waals surface area contributed by atoms with E-state index in [1.165, 1.54) is 7.11 Å². The van der Waals surface area contributed by atoms with Crippen LogP contribution in [0.3, 0.4) is 0 Å². The van der Waals surface area contributed by atoms with Crippen molar-refractivity contribution in [3.63, 3.8) is 0 Å². The van der Waals surface area contributed by atoms with Crippen molar-refractivity contribution < 1.29 is 13.9 Å². The van der Waals surface area contributed by atoms with Crippen molar-refractivity contribution in [3.05, 3.63) is 69.7 Å². The van der Waals surface area contributed by atoms with Crippen LogP contribution >= 0.6 is 0 Å². The Kier molecular flexibility index (Phi) is 4.91. The summed E-state index contributed by atoms with van der Waals surface area (Å²) in [5.41, 5.74) is 3.79. The third-order valence-corrected chi connectivity index (χ3v) is 3.25. The maximum Gasteiger partial charge on any atom is 0.341 e. The Morgan fingerprint density at radius 1 is 1.18 bits per heavy atom. The molecule has 1 N–H and O–H groups in total. The van der Waals surface area contributed by atoms with Gasteiger partial charge in [-0.1, -0.05) is 36.4 Å². The molecule has 4 nitrogen and oxygen atoms in total. The van der Waals surface area contributed by atoms with E-state index in [0.29, 0.717) is 11.3 Å². The normalized spacial score (nSPS) is 10.7. The van der Waals surface area contributed by atoms with Gasteiger partial charge in [-0.3, -0.25) is 0 Å². The van der Waals surface area contributed by atoms with Gasteiger partial charge in [0, 0.05) is 11.3 Å². The maximum atomic E-state index is 14.4. The fraction of sp³-hybridized carbons (Fsp3) is 0.118. The minimum atomic E-state index is -0.698. The molecule has 2 rings (SSSR count). The number of hydrogen-bond acceptors (Lipinski definition) is 4.